The van der Waals surface area contributed by atoms with Crippen LogP contribution >= 0.6 is 11.6 Å². The van der Waals surface area contributed by atoms with E-state index in [1.54, 1.807) is 0 Å². The Balaban J connectivity index is 1.80. The van der Waals surface area contributed by atoms with Crippen LogP contribution in [0.4, 0.5) is 20.5 Å². The molecule has 0 radical (unpaired) electrons. The van der Waals surface area contributed by atoms with Crippen LogP contribution in [0, 0.1) is 0 Å². The van der Waals surface area contributed by atoms with E-state index in [1.807, 2.05) is 4.90 Å². The summed E-state index contributed by atoms with van der Waals surface area (Å²) < 4.78 is 31.0. The van der Waals surface area contributed by atoms with Crippen molar-refractivity contribution < 1.29 is 13.5 Å². The van der Waals surface area contributed by atoms with Crippen LogP contribution in [0.1, 0.15) is 0 Å². The molecule has 5 nitrogen and oxygen atoms in total. The van der Waals surface area contributed by atoms with E-state index in [9.17, 15) is 8.78 Å². The first kappa shape index (κ1) is 12.8. The Kier molecular flexibility index (Phi) is 3.18. The second-order valence-electron chi connectivity index (χ2n) is 4.66. The normalized spacial score (nSPS) is 22.3. The fourth-order valence-electron chi connectivity index (χ4n) is 2.13. The molecule has 0 N–H and O–H groups in total. The third-order valence-corrected chi connectivity index (χ3v) is 3.33. The molecule has 104 valence electrons. The van der Waals surface area contributed by atoms with Crippen molar-refractivity contribution in [2.24, 2.45) is 0 Å². The van der Waals surface area contributed by atoms with Gasteiger partial charge in [0.05, 0.1) is 26.3 Å². The molecule has 0 atom stereocenters. The van der Waals surface area contributed by atoms with Crippen LogP contribution in [0.3, 0.4) is 0 Å². The second-order valence-corrected chi connectivity index (χ2v) is 5.05. The minimum Gasteiger partial charge on any atom is -0.378 e. The predicted molar refractivity (Wildman–Crippen MR) is 67.2 cm³/mol. The number of hydrogen-bond acceptors (Lipinski definition) is 5. The van der Waals surface area contributed by atoms with E-state index in [0.717, 1.165) is 0 Å². The maximum atomic E-state index is 12.9. The van der Waals surface area contributed by atoms with Gasteiger partial charge >= 0.3 is 0 Å². The number of morpholine rings is 1. The molecule has 19 heavy (non-hydrogen) atoms. The molecular weight excluding hydrogens is 278 g/mol. The number of anilines is 2. The first-order chi connectivity index (χ1) is 9.03. The van der Waals surface area contributed by atoms with Crippen molar-refractivity contribution in [1.82, 2.24) is 9.97 Å². The minimum atomic E-state index is -2.63. The molecule has 0 saturated carbocycles. The van der Waals surface area contributed by atoms with Crippen molar-refractivity contribution in [2.75, 3.05) is 49.2 Å². The van der Waals surface area contributed by atoms with Gasteiger partial charge in [0.15, 0.2) is 0 Å². The number of ether oxygens (including phenoxy) is 1. The zero-order chi connectivity index (χ0) is 13.5. The fourth-order valence-corrected chi connectivity index (χ4v) is 2.31. The van der Waals surface area contributed by atoms with Gasteiger partial charge in [-0.15, -0.1) is 0 Å². The van der Waals surface area contributed by atoms with Crippen LogP contribution in [-0.4, -0.2) is 55.3 Å². The molecule has 2 fully saturated rings. The largest absolute Gasteiger partial charge is 0.378 e. The van der Waals surface area contributed by atoms with Crippen molar-refractivity contribution in [3.05, 3.63) is 11.2 Å². The highest BCUT2D eigenvalue weighted by molar-refractivity contribution is 6.29. The first-order valence-electron chi connectivity index (χ1n) is 6.04. The van der Waals surface area contributed by atoms with Crippen LogP contribution in [0.2, 0.25) is 5.15 Å². The summed E-state index contributed by atoms with van der Waals surface area (Å²) in [7, 11) is 0. The van der Waals surface area contributed by atoms with Gasteiger partial charge in [0.1, 0.15) is 11.0 Å². The van der Waals surface area contributed by atoms with Crippen LogP contribution in [0.5, 0.6) is 0 Å². The van der Waals surface area contributed by atoms with E-state index in [2.05, 4.69) is 9.97 Å². The van der Waals surface area contributed by atoms with Gasteiger partial charge in [-0.25, -0.2) is 13.8 Å². The highest BCUT2D eigenvalue weighted by Crippen LogP contribution is 2.32. The van der Waals surface area contributed by atoms with E-state index >= 15 is 0 Å². The summed E-state index contributed by atoms with van der Waals surface area (Å²) >= 11 is 5.94. The van der Waals surface area contributed by atoms with Gasteiger partial charge in [-0.05, 0) is 0 Å². The molecule has 3 rings (SSSR count). The molecule has 0 aromatic carbocycles. The smallest absolute Gasteiger partial charge is 0.282 e. The lowest BCUT2D eigenvalue weighted by Gasteiger charge is -2.39. The lowest BCUT2D eigenvalue weighted by atomic mass is 10.1. The van der Waals surface area contributed by atoms with Gasteiger partial charge in [-0.1, -0.05) is 11.6 Å². The summed E-state index contributed by atoms with van der Waals surface area (Å²) in [5.74, 6) is -1.70. The van der Waals surface area contributed by atoms with E-state index in [0.29, 0.717) is 38.1 Å². The first-order valence-corrected chi connectivity index (χ1v) is 6.41. The molecule has 1 aromatic rings. The molecular formula is C11H13ClF2N4O. The van der Waals surface area contributed by atoms with E-state index in [1.165, 1.54) is 11.0 Å². The number of nitrogens with zero attached hydrogens (tertiary/aromatic N) is 4. The molecule has 0 aliphatic carbocycles. The maximum Gasteiger partial charge on any atom is 0.282 e. The SMILES string of the molecule is FC1(F)CN(c2cc(Cl)nc(N3CCOCC3)n2)C1. The summed E-state index contributed by atoms with van der Waals surface area (Å²) in [6, 6.07) is 1.51. The van der Waals surface area contributed by atoms with Crippen LogP contribution in [0.25, 0.3) is 0 Å². The standard InChI is InChI=1S/C11H13ClF2N4O/c12-8-5-9(18-6-11(13,14)7-18)16-10(15-8)17-1-3-19-4-2-17/h5H,1-4,6-7H2. The molecule has 2 aliphatic rings. The van der Waals surface area contributed by atoms with E-state index in [4.69, 9.17) is 16.3 Å². The van der Waals surface area contributed by atoms with Gasteiger partial charge in [-0.2, -0.15) is 4.98 Å². The Morgan fingerprint density at radius 2 is 1.84 bits per heavy atom. The third kappa shape index (κ3) is 2.71. The molecule has 2 saturated heterocycles. The van der Waals surface area contributed by atoms with Gasteiger partial charge in [-0.3, -0.25) is 0 Å². The summed E-state index contributed by atoms with van der Waals surface area (Å²) in [6.07, 6.45) is 0. The second kappa shape index (κ2) is 4.72. The third-order valence-electron chi connectivity index (χ3n) is 3.13. The molecule has 3 heterocycles. The van der Waals surface area contributed by atoms with Crippen LogP contribution in [-0.2, 0) is 4.74 Å². The van der Waals surface area contributed by atoms with Crippen molar-refractivity contribution in [1.29, 1.82) is 0 Å². The number of alkyl halides is 2. The molecule has 0 bridgehead atoms. The maximum absolute atomic E-state index is 12.9. The molecule has 0 amide bonds. The van der Waals surface area contributed by atoms with Crippen molar-refractivity contribution in [2.45, 2.75) is 5.92 Å². The number of halogens is 3. The number of rotatable bonds is 2. The summed E-state index contributed by atoms with van der Waals surface area (Å²) in [6.45, 7) is 1.93. The van der Waals surface area contributed by atoms with Gasteiger partial charge < -0.3 is 14.5 Å². The van der Waals surface area contributed by atoms with Crippen LogP contribution in [0.15, 0.2) is 6.07 Å². The Labute approximate surface area is 114 Å². The molecule has 1 aromatic heterocycles. The van der Waals surface area contributed by atoms with E-state index in [-0.39, 0.29) is 18.2 Å². The predicted octanol–water partition coefficient (Wildman–Crippen LogP) is 1.42. The highest BCUT2D eigenvalue weighted by Gasteiger charge is 2.44. The monoisotopic (exact) mass is 290 g/mol. The molecule has 8 heteroatoms. The summed E-state index contributed by atoms with van der Waals surface area (Å²) in [5.41, 5.74) is 0. The molecule has 0 unspecified atom stereocenters. The zero-order valence-corrected chi connectivity index (χ0v) is 10.9. The van der Waals surface area contributed by atoms with Gasteiger partial charge in [0.2, 0.25) is 5.95 Å². The Hall–Kier alpha value is -1.21. The quantitative estimate of drug-likeness (QED) is 0.771. The van der Waals surface area contributed by atoms with Crippen molar-refractivity contribution >= 4 is 23.4 Å². The van der Waals surface area contributed by atoms with Crippen molar-refractivity contribution in [3.8, 4) is 0 Å². The van der Waals surface area contributed by atoms with Crippen LogP contribution < -0.4 is 9.80 Å². The zero-order valence-electron chi connectivity index (χ0n) is 10.2. The number of aromatic nitrogens is 2. The van der Waals surface area contributed by atoms with Gasteiger partial charge in [0, 0.05) is 19.2 Å². The van der Waals surface area contributed by atoms with Gasteiger partial charge in [0.25, 0.3) is 5.92 Å². The minimum absolute atomic E-state index is 0.265. The topological polar surface area (TPSA) is 41.5 Å². The Morgan fingerprint density at radius 3 is 2.47 bits per heavy atom. The summed E-state index contributed by atoms with van der Waals surface area (Å²) in [4.78, 5) is 11.9. The van der Waals surface area contributed by atoms with Crippen molar-refractivity contribution in [3.63, 3.8) is 0 Å². The molecule has 0 spiro atoms. The fraction of sp³-hybridized carbons (Fsp3) is 0.636. The lowest BCUT2D eigenvalue weighted by molar-refractivity contribution is -0.0267. The average Bonchev–Trinajstić information content (AvgIpc) is 2.36. The number of hydrogen-bond donors (Lipinski definition) is 0. The summed E-state index contributed by atoms with van der Waals surface area (Å²) in [5, 5.41) is 0.265. The Morgan fingerprint density at radius 1 is 1.16 bits per heavy atom. The Bertz CT molecular complexity index is 474. The lowest BCUT2D eigenvalue weighted by Crippen LogP contribution is -2.56. The average molecular weight is 291 g/mol. The molecule has 2 aliphatic heterocycles. The highest BCUT2D eigenvalue weighted by atomic mass is 35.5. The van der Waals surface area contributed by atoms with E-state index < -0.39 is 5.92 Å².